The van der Waals surface area contributed by atoms with Crippen LogP contribution >= 0.6 is 0 Å². The second-order valence-corrected chi connectivity index (χ2v) is 3.50. The molecule has 0 aliphatic carbocycles. The number of nitrogens with zero attached hydrogens (tertiary/aromatic N) is 2. The van der Waals surface area contributed by atoms with E-state index in [4.69, 9.17) is 19.6 Å². The summed E-state index contributed by atoms with van der Waals surface area (Å²) in [6.45, 7) is 4.03. The maximum Gasteiger partial charge on any atom is 0.388 e. The van der Waals surface area contributed by atoms with Crippen molar-refractivity contribution in [1.29, 1.82) is 5.39 Å². The summed E-state index contributed by atoms with van der Waals surface area (Å²) in [5.41, 5.74) is 1.42. The Morgan fingerprint density at radius 2 is 1.94 bits per heavy atom. The smallest absolute Gasteiger partial charge is 0.388 e. The van der Waals surface area contributed by atoms with Gasteiger partial charge in [-0.15, -0.1) is 0 Å². The van der Waals surface area contributed by atoms with Crippen LogP contribution in [0.15, 0.2) is 18.2 Å². The lowest BCUT2D eigenvalue weighted by Crippen LogP contribution is -2.09. The van der Waals surface area contributed by atoms with Crippen molar-refractivity contribution in [3.8, 4) is 5.75 Å². The topological polar surface area (TPSA) is 55.8 Å². The summed E-state index contributed by atoms with van der Waals surface area (Å²) in [4.78, 5) is 3.15. The predicted molar refractivity (Wildman–Crippen MR) is 64.1 cm³/mol. The van der Waals surface area contributed by atoms with Crippen molar-refractivity contribution in [3.05, 3.63) is 28.7 Å². The minimum atomic E-state index is 0.485. The van der Waals surface area contributed by atoms with Crippen LogP contribution in [0.3, 0.4) is 0 Å². The fourth-order valence-corrected chi connectivity index (χ4v) is 1.29. The summed E-state index contributed by atoms with van der Waals surface area (Å²) >= 11 is 0. The molecular weight excluding hydrogens is 220 g/mol. The quantitative estimate of drug-likeness (QED) is 0.540. The minimum Gasteiger partial charge on any atom is -0.491 e. The van der Waals surface area contributed by atoms with Gasteiger partial charge in [-0.1, -0.05) is 0 Å². The first-order chi connectivity index (χ1) is 8.27. The van der Waals surface area contributed by atoms with Gasteiger partial charge in [0.1, 0.15) is 12.4 Å². The van der Waals surface area contributed by atoms with Crippen LogP contribution in [0.5, 0.6) is 5.75 Å². The second kappa shape index (κ2) is 7.60. The van der Waals surface area contributed by atoms with E-state index >= 15 is 0 Å². The Bertz CT molecular complexity index is 388. The van der Waals surface area contributed by atoms with Crippen LogP contribution in [-0.4, -0.2) is 33.5 Å². The number of hydrogen-bond donors (Lipinski definition) is 0. The molecule has 0 amide bonds. The van der Waals surface area contributed by atoms with Gasteiger partial charge in [0.05, 0.1) is 19.8 Å². The molecule has 0 atom stereocenters. The third kappa shape index (κ3) is 4.81. The summed E-state index contributed by atoms with van der Waals surface area (Å²) in [7, 11) is 1.64. The van der Waals surface area contributed by atoms with Gasteiger partial charge in [0, 0.05) is 18.7 Å². The number of methoxy groups -OCH3 is 1. The highest BCUT2D eigenvalue weighted by Crippen LogP contribution is 2.23. The highest BCUT2D eigenvalue weighted by molar-refractivity contribution is 5.53. The lowest BCUT2D eigenvalue weighted by molar-refractivity contribution is 0.0544. The van der Waals surface area contributed by atoms with Crippen molar-refractivity contribution in [2.45, 2.75) is 6.92 Å². The molecule has 0 aliphatic heterocycles. The number of aryl methyl sites for hydroxylation is 1. The van der Waals surface area contributed by atoms with Crippen molar-refractivity contribution in [1.82, 2.24) is 0 Å². The highest BCUT2D eigenvalue weighted by atomic mass is 16.5. The van der Waals surface area contributed by atoms with Gasteiger partial charge in [-0.25, -0.2) is 0 Å². The molecule has 1 rings (SSSR count). The molecule has 1 aromatic rings. The van der Waals surface area contributed by atoms with Crippen molar-refractivity contribution in [2.24, 2.45) is 0 Å². The first-order valence-electron chi connectivity index (χ1n) is 5.43. The number of diazo groups is 1. The second-order valence-electron chi connectivity index (χ2n) is 3.50. The van der Waals surface area contributed by atoms with Crippen LogP contribution in [0.2, 0.25) is 0 Å². The number of rotatable bonds is 7. The van der Waals surface area contributed by atoms with Crippen LogP contribution in [0.4, 0.5) is 5.69 Å². The third-order valence-electron chi connectivity index (χ3n) is 2.20. The molecule has 0 radical (unpaired) electrons. The molecule has 92 valence electrons. The Morgan fingerprint density at radius 3 is 2.59 bits per heavy atom. The van der Waals surface area contributed by atoms with E-state index < -0.39 is 0 Å². The lowest BCUT2D eigenvalue weighted by atomic mass is 10.2. The van der Waals surface area contributed by atoms with Gasteiger partial charge in [0.15, 0.2) is 4.98 Å². The fourth-order valence-electron chi connectivity index (χ4n) is 1.29. The van der Waals surface area contributed by atoms with Gasteiger partial charge in [0.2, 0.25) is 5.39 Å². The van der Waals surface area contributed by atoms with E-state index in [1.165, 1.54) is 0 Å². The number of hydrogen-bond acceptors (Lipinski definition) is 4. The summed E-state index contributed by atoms with van der Waals surface area (Å²) in [5, 5.41) is 8.66. The Labute approximate surface area is 101 Å². The highest BCUT2D eigenvalue weighted by Gasteiger charge is 2.09. The Balaban J connectivity index is 2.28. The van der Waals surface area contributed by atoms with Crippen molar-refractivity contribution in [3.63, 3.8) is 0 Å². The number of benzene rings is 1. The predicted octanol–water partition coefficient (Wildman–Crippen LogP) is 2.52. The van der Waals surface area contributed by atoms with Crippen molar-refractivity contribution < 1.29 is 14.2 Å². The summed E-state index contributed by atoms with van der Waals surface area (Å²) < 4.78 is 15.6. The molecule has 0 saturated heterocycles. The normalized spacial score (nSPS) is 9.94. The number of ether oxygens (including phenoxy) is 3. The monoisotopic (exact) mass is 237 g/mol. The van der Waals surface area contributed by atoms with Crippen LogP contribution in [0.1, 0.15) is 5.56 Å². The van der Waals surface area contributed by atoms with Gasteiger partial charge in [0.25, 0.3) is 0 Å². The molecule has 0 bridgehead atoms. The zero-order chi connectivity index (χ0) is 12.5. The average molecular weight is 237 g/mol. The lowest BCUT2D eigenvalue weighted by Gasteiger charge is -2.06. The van der Waals surface area contributed by atoms with Gasteiger partial charge in [-0.3, -0.25) is 0 Å². The average Bonchev–Trinajstić information content (AvgIpc) is 2.34. The molecule has 5 nitrogen and oxygen atoms in total. The molecule has 0 unspecified atom stereocenters. The molecule has 0 aliphatic rings. The van der Waals surface area contributed by atoms with Crippen LogP contribution in [-0.2, 0) is 9.47 Å². The zero-order valence-corrected chi connectivity index (χ0v) is 10.2. The molecule has 0 aromatic heterocycles. The van der Waals surface area contributed by atoms with Crippen LogP contribution in [0.25, 0.3) is 4.98 Å². The van der Waals surface area contributed by atoms with E-state index in [1.807, 2.05) is 13.0 Å². The van der Waals surface area contributed by atoms with Gasteiger partial charge in [-0.05, 0) is 19.1 Å². The van der Waals surface area contributed by atoms with Crippen LogP contribution < -0.4 is 4.74 Å². The largest absolute Gasteiger partial charge is 0.491 e. The maximum atomic E-state index is 8.66. The van der Waals surface area contributed by atoms with E-state index in [2.05, 4.69) is 4.98 Å². The molecule has 0 saturated carbocycles. The Morgan fingerprint density at radius 1 is 1.18 bits per heavy atom. The van der Waals surface area contributed by atoms with E-state index in [1.54, 1.807) is 19.2 Å². The SMILES string of the molecule is COCCOCCOc1ccc([N+]#N)c(C)c1. The third-order valence-corrected chi connectivity index (χ3v) is 2.20. The zero-order valence-electron chi connectivity index (χ0n) is 10.2. The van der Waals surface area contributed by atoms with E-state index in [-0.39, 0.29) is 0 Å². The standard InChI is InChI=1S/C12H17N2O3/c1-10-9-11(3-4-12(10)14-13)17-8-7-16-6-5-15-2/h3-4,9H,5-8H2,1-2H3/q+1. The minimum absolute atomic E-state index is 0.485. The molecule has 17 heavy (non-hydrogen) atoms. The summed E-state index contributed by atoms with van der Waals surface area (Å²) in [6.07, 6.45) is 0. The first kappa shape index (κ1) is 13.4. The van der Waals surface area contributed by atoms with Gasteiger partial charge in [-0.2, -0.15) is 0 Å². The van der Waals surface area contributed by atoms with Crippen molar-refractivity contribution >= 4 is 5.69 Å². The fraction of sp³-hybridized carbons (Fsp3) is 0.500. The Hall–Kier alpha value is -1.64. The molecule has 0 fully saturated rings. The van der Waals surface area contributed by atoms with E-state index in [9.17, 15) is 0 Å². The van der Waals surface area contributed by atoms with E-state index in [0.29, 0.717) is 32.1 Å². The maximum absolute atomic E-state index is 8.66. The van der Waals surface area contributed by atoms with Crippen molar-refractivity contribution in [2.75, 3.05) is 33.5 Å². The molecule has 0 heterocycles. The Kier molecular flexibility index (Phi) is 6.00. The molecule has 1 aromatic carbocycles. The molecule has 0 spiro atoms. The van der Waals surface area contributed by atoms with Gasteiger partial charge >= 0.3 is 5.69 Å². The van der Waals surface area contributed by atoms with E-state index in [0.717, 1.165) is 11.3 Å². The first-order valence-corrected chi connectivity index (χ1v) is 5.43. The molecule has 0 N–H and O–H groups in total. The molecular formula is C12H17N2O3+. The summed E-state index contributed by atoms with van der Waals surface area (Å²) in [5.74, 6) is 0.741. The van der Waals surface area contributed by atoms with Crippen LogP contribution in [0, 0.1) is 12.3 Å². The molecule has 5 heteroatoms. The van der Waals surface area contributed by atoms with Gasteiger partial charge < -0.3 is 14.2 Å². The summed E-state index contributed by atoms with van der Waals surface area (Å²) in [6, 6.07) is 5.29.